The van der Waals surface area contributed by atoms with E-state index in [1.54, 1.807) is 0 Å². The highest BCUT2D eigenvalue weighted by Gasteiger charge is 2.34. The predicted molar refractivity (Wildman–Crippen MR) is 107 cm³/mol. The molecule has 3 fully saturated rings. The summed E-state index contributed by atoms with van der Waals surface area (Å²) in [6, 6.07) is 17.7. The number of fused-ring (bicyclic) bond motifs is 4. The summed E-state index contributed by atoms with van der Waals surface area (Å²) >= 11 is 6.07. The molecule has 5 rings (SSSR count). The topological polar surface area (TPSA) is 23.5 Å². The van der Waals surface area contributed by atoms with Crippen LogP contribution in [0.3, 0.4) is 0 Å². The third-order valence-corrected chi connectivity index (χ3v) is 6.61. The first-order valence-electron chi connectivity index (χ1n) is 9.90. The molecule has 2 aromatic rings. The van der Waals surface area contributed by atoms with Crippen molar-refractivity contribution in [1.82, 2.24) is 4.90 Å². The highest BCUT2D eigenvalue weighted by molar-refractivity contribution is 6.30. The maximum atomic E-state index is 11.7. The van der Waals surface area contributed by atoms with E-state index in [0.717, 1.165) is 29.5 Å². The fourth-order valence-electron chi connectivity index (χ4n) is 4.80. The minimum atomic E-state index is -0.975. The molecule has 1 N–H and O–H groups in total. The summed E-state index contributed by atoms with van der Waals surface area (Å²) in [6.45, 7) is 3.32. The molecule has 3 heteroatoms. The lowest BCUT2D eigenvalue weighted by Gasteiger charge is -2.33. The third kappa shape index (κ3) is 3.83. The molecule has 2 nitrogen and oxygen atoms in total. The molecule has 1 atom stereocenters. The largest absolute Gasteiger partial charge is 0.380 e. The van der Waals surface area contributed by atoms with Crippen LogP contribution in [0.5, 0.6) is 0 Å². The number of nitrogens with zero attached hydrogens (tertiary/aromatic N) is 1. The molecule has 3 aliphatic rings. The summed E-state index contributed by atoms with van der Waals surface area (Å²) in [4.78, 5) is 2.60. The molecule has 1 unspecified atom stereocenters. The van der Waals surface area contributed by atoms with Gasteiger partial charge in [0.05, 0.1) is 0 Å². The van der Waals surface area contributed by atoms with E-state index in [4.69, 9.17) is 11.6 Å². The van der Waals surface area contributed by atoms with Crippen LogP contribution in [0.1, 0.15) is 43.2 Å². The maximum Gasteiger partial charge on any atom is 0.116 e. The van der Waals surface area contributed by atoms with Gasteiger partial charge in [0.15, 0.2) is 0 Å². The Morgan fingerprint density at radius 3 is 1.96 bits per heavy atom. The Bertz CT molecular complexity index is 695. The smallest absolute Gasteiger partial charge is 0.116 e. The van der Waals surface area contributed by atoms with Gasteiger partial charge in [0, 0.05) is 24.7 Å². The predicted octanol–water partition coefficient (Wildman–Crippen LogP) is 5.09. The van der Waals surface area contributed by atoms with Crippen LogP contribution >= 0.6 is 11.6 Å². The van der Waals surface area contributed by atoms with E-state index in [9.17, 15) is 5.11 Å². The summed E-state index contributed by atoms with van der Waals surface area (Å²) in [5.41, 5.74) is 0.906. The molecule has 2 bridgehead atoms. The van der Waals surface area contributed by atoms with Crippen molar-refractivity contribution >= 4 is 11.6 Å². The Kier molecular flexibility index (Phi) is 5.35. The molecule has 2 aromatic carbocycles. The maximum absolute atomic E-state index is 11.7. The molecule has 0 aromatic heterocycles. The van der Waals surface area contributed by atoms with Crippen molar-refractivity contribution in [3.63, 3.8) is 0 Å². The number of halogens is 1. The number of benzene rings is 2. The molecule has 0 spiro atoms. The summed E-state index contributed by atoms with van der Waals surface area (Å²) < 4.78 is 0. The second-order valence-corrected chi connectivity index (χ2v) is 8.57. The van der Waals surface area contributed by atoms with Crippen LogP contribution < -0.4 is 0 Å². The molecular formula is C23H28ClNO. The van der Waals surface area contributed by atoms with Crippen LogP contribution in [0, 0.1) is 11.8 Å². The molecule has 138 valence electrons. The van der Waals surface area contributed by atoms with E-state index in [2.05, 4.69) is 4.90 Å². The molecule has 1 saturated carbocycles. The first-order chi connectivity index (χ1) is 12.6. The quantitative estimate of drug-likeness (QED) is 0.793. The highest BCUT2D eigenvalue weighted by atomic mass is 35.5. The van der Waals surface area contributed by atoms with Gasteiger partial charge in [-0.2, -0.15) is 0 Å². The zero-order valence-corrected chi connectivity index (χ0v) is 16.0. The van der Waals surface area contributed by atoms with Gasteiger partial charge in [-0.25, -0.2) is 0 Å². The normalized spacial score (nSPS) is 25.6. The molecule has 2 heterocycles. The molecule has 0 radical (unpaired) electrons. The molecule has 1 aliphatic carbocycles. The monoisotopic (exact) mass is 369 g/mol. The van der Waals surface area contributed by atoms with Crippen molar-refractivity contribution in [2.45, 2.75) is 37.7 Å². The van der Waals surface area contributed by atoms with Gasteiger partial charge < -0.3 is 10.0 Å². The number of aliphatic hydroxyl groups is 1. The van der Waals surface area contributed by atoms with Crippen molar-refractivity contribution in [2.24, 2.45) is 11.8 Å². The Labute approximate surface area is 161 Å². The SMILES string of the molecule is OC(CCN1CC2CCC(CC2)C1)(c1ccccc1)c1ccc(Cl)cc1. The summed E-state index contributed by atoms with van der Waals surface area (Å²) in [7, 11) is 0. The van der Waals surface area contributed by atoms with Crippen LogP contribution in [-0.2, 0) is 5.60 Å². The van der Waals surface area contributed by atoms with Crippen molar-refractivity contribution in [1.29, 1.82) is 0 Å². The van der Waals surface area contributed by atoms with Gasteiger partial charge in [0.1, 0.15) is 5.60 Å². The Morgan fingerprint density at radius 1 is 0.846 bits per heavy atom. The molecule has 2 aliphatic heterocycles. The second kappa shape index (κ2) is 7.72. The van der Waals surface area contributed by atoms with E-state index >= 15 is 0 Å². The number of hydrogen-bond donors (Lipinski definition) is 1. The summed E-state index contributed by atoms with van der Waals surface area (Å²) in [6.07, 6.45) is 6.27. The van der Waals surface area contributed by atoms with Crippen LogP contribution in [-0.4, -0.2) is 29.6 Å². The first-order valence-corrected chi connectivity index (χ1v) is 10.3. The van der Waals surface area contributed by atoms with Gasteiger partial charge in [-0.15, -0.1) is 0 Å². The van der Waals surface area contributed by atoms with Crippen LogP contribution in [0.2, 0.25) is 5.02 Å². The zero-order valence-electron chi connectivity index (χ0n) is 15.3. The van der Waals surface area contributed by atoms with E-state index in [1.807, 2.05) is 54.6 Å². The molecule has 2 saturated heterocycles. The van der Waals surface area contributed by atoms with E-state index < -0.39 is 5.60 Å². The van der Waals surface area contributed by atoms with Gasteiger partial charge in [-0.1, -0.05) is 54.1 Å². The summed E-state index contributed by atoms with van der Waals surface area (Å²) in [5, 5.41) is 12.4. The second-order valence-electron chi connectivity index (χ2n) is 8.13. The number of rotatable bonds is 5. The standard InChI is InChI=1S/C23H28ClNO/c24-22-12-10-21(11-13-22)23(26,20-4-2-1-3-5-20)14-15-25-16-18-6-7-19(17-25)9-8-18/h1-5,10-13,18-19,26H,6-9,14-17H2. The zero-order chi connectivity index (χ0) is 18.0. The van der Waals surface area contributed by atoms with Crippen LogP contribution in [0.25, 0.3) is 0 Å². The fraction of sp³-hybridized carbons (Fsp3) is 0.478. The first kappa shape index (κ1) is 18.0. The van der Waals surface area contributed by atoms with Gasteiger partial charge in [0.2, 0.25) is 0 Å². The van der Waals surface area contributed by atoms with Crippen molar-refractivity contribution in [2.75, 3.05) is 19.6 Å². The van der Waals surface area contributed by atoms with E-state index in [-0.39, 0.29) is 0 Å². The minimum Gasteiger partial charge on any atom is -0.380 e. The molecule has 26 heavy (non-hydrogen) atoms. The van der Waals surface area contributed by atoms with Gasteiger partial charge in [-0.3, -0.25) is 0 Å². The van der Waals surface area contributed by atoms with E-state index in [1.165, 1.54) is 38.8 Å². The lowest BCUT2D eigenvalue weighted by molar-refractivity contribution is 0.0559. The minimum absolute atomic E-state index is 0.702. The number of hydrogen-bond acceptors (Lipinski definition) is 2. The molecular weight excluding hydrogens is 342 g/mol. The highest BCUT2D eigenvalue weighted by Crippen LogP contribution is 2.37. The van der Waals surface area contributed by atoms with E-state index in [0.29, 0.717) is 11.4 Å². The molecule has 0 amide bonds. The van der Waals surface area contributed by atoms with Gasteiger partial charge in [0.25, 0.3) is 0 Å². The van der Waals surface area contributed by atoms with Gasteiger partial charge >= 0.3 is 0 Å². The Morgan fingerprint density at radius 2 is 1.38 bits per heavy atom. The third-order valence-electron chi connectivity index (χ3n) is 6.36. The van der Waals surface area contributed by atoms with Crippen molar-refractivity contribution < 1.29 is 5.11 Å². The summed E-state index contributed by atoms with van der Waals surface area (Å²) in [5.74, 6) is 1.71. The van der Waals surface area contributed by atoms with Crippen molar-refractivity contribution in [3.05, 3.63) is 70.7 Å². The van der Waals surface area contributed by atoms with Gasteiger partial charge in [-0.05, 0) is 67.2 Å². The van der Waals surface area contributed by atoms with Crippen molar-refractivity contribution in [3.8, 4) is 0 Å². The average Bonchev–Trinajstić information content (AvgIpc) is 3.00. The average molecular weight is 370 g/mol. The fourth-order valence-corrected chi connectivity index (χ4v) is 4.92. The Hall–Kier alpha value is -1.35. The van der Waals surface area contributed by atoms with Crippen LogP contribution in [0.15, 0.2) is 54.6 Å². The lowest BCUT2D eigenvalue weighted by Crippen LogP contribution is -2.36. The van der Waals surface area contributed by atoms with Crippen LogP contribution in [0.4, 0.5) is 0 Å². The lowest BCUT2D eigenvalue weighted by atomic mass is 9.83. The Balaban J connectivity index is 1.56.